The van der Waals surface area contributed by atoms with E-state index in [4.69, 9.17) is 16.3 Å². The lowest BCUT2D eigenvalue weighted by molar-refractivity contribution is -0.137. The number of hydrogen-bond donors (Lipinski definition) is 2. The van der Waals surface area contributed by atoms with Gasteiger partial charge in [-0.25, -0.2) is 18.4 Å². The highest BCUT2D eigenvalue weighted by Gasteiger charge is 2.42. The van der Waals surface area contributed by atoms with Crippen LogP contribution in [0.5, 0.6) is 0 Å². The fraction of sp³-hybridized carbons (Fsp3) is 0.423. The summed E-state index contributed by atoms with van der Waals surface area (Å²) < 4.78 is 73.5. The smallest absolute Gasteiger partial charge is 0.377 e. The van der Waals surface area contributed by atoms with Crippen LogP contribution in [0.25, 0.3) is 10.6 Å². The van der Waals surface area contributed by atoms with Gasteiger partial charge < -0.3 is 25.2 Å². The highest BCUT2D eigenvalue weighted by molar-refractivity contribution is 7.91. The molecule has 222 valence electrons. The average molecular weight is 641 g/mol. The van der Waals surface area contributed by atoms with Gasteiger partial charge in [0, 0.05) is 43.6 Å². The second-order valence-corrected chi connectivity index (χ2v) is 14.2. The zero-order chi connectivity index (χ0) is 29.4. The molecule has 42 heavy (non-hydrogen) atoms. The molecular weight excluding hydrogens is 617 g/mol. The number of nitrogens with zero attached hydrogens (tertiary/aromatic N) is 4. The summed E-state index contributed by atoms with van der Waals surface area (Å²) >= 11 is 7.23. The number of piperazine rings is 1. The number of fused-ring (bicyclic) bond motifs is 3. The van der Waals surface area contributed by atoms with Gasteiger partial charge in [0.1, 0.15) is 10.4 Å². The van der Waals surface area contributed by atoms with E-state index < -0.39 is 33.2 Å². The third-order valence-corrected chi connectivity index (χ3v) is 11.3. The van der Waals surface area contributed by atoms with Gasteiger partial charge in [0.25, 0.3) is 5.91 Å². The summed E-state index contributed by atoms with van der Waals surface area (Å²) in [4.78, 5) is 24.5. The number of nitrogens with one attached hydrogen (secondary N) is 2. The molecule has 2 bridgehead atoms. The third kappa shape index (κ3) is 4.71. The van der Waals surface area contributed by atoms with Crippen molar-refractivity contribution in [3.05, 3.63) is 45.9 Å². The van der Waals surface area contributed by atoms with Crippen molar-refractivity contribution in [2.24, 2.45) is 0 Å². The van der Waals surface area contributed by atoms with E-state index in [1.807, 2.05) is 6.07 Å². The molecule has 0 saturated carbocycles. The number of sulfone groups is 1. The minimum absolute atomic E-state index is 0.0171. The van der Waals surface area contributed by atoms with Crippen LogP contribution in [-0.4, -0.2) is 85.9 Å². The Morgan fingerprint density at radius 1 is 1.14 bits per heavy atom. The third-order valence-electron chi connectivity index (χ3n) is 8.07. The van der Waals surface area contributed by atoms with E-state index in [0.29, 0.717) is 40.3 Å². The lowest BCUT2D eigenvalue weighted by Crippen LogP contribution is -2.68. The fourth-order valence-corrected chi connectivity index (χ4v) is 8.95. The first-order chi connectivity index (χ1) is 20.0. The molecular formula is C26H24ClF3N6O4S2. The lowest BCUT2D eigenvalue weighted by Gasteiger charge is -2.54. The van der Waals surface area contributed by atoms with Crippen molar-refractivity contribution in [1.82, 2.24) is 20.2 Å². The minimum Gasteiger partial charge on any atom is -0.377 e. The summed E-state index contributed by atoms with van der Waals surface area (Å²) in [7, 11) is -3.93. The van der Waals surface area contributed by atoms with Gasteiger partial charge in [-0.2, -0.15) is 13.2 Å². The molecule has 16 heteroatoms. The van der Waals surface area contributed by atoms with Crippen LogP contribution in [-0.2, 0) is 20.8 Å². The first-order valence-corrected chi connectivity index (χ1v) is 16.1. The first kappa shape index (κ1) is 27.8. The Bertz CT molecular complexity index is 1680. The Labute approximate surface area is 247 Å². The van der Waals surface area contributed by atoms with Crippen LogP contribution in [0.1, 0.15) is 21.7 Å². The molecule has 4 aliphatic heterocycles. The van der Waals surface area contributed by atoms with Gasteiger partial charge in [-0.15, -0.1) is 11.3 Å². The molecule has 2 aromatic heterocycles. The van der Waals surface area contributed by atoms with Crippen LogP contribution in [0.2, 0.25) is 5.02 Å². The molecule has 1 amide bonds. The van der Waals surface area contributed by atoms with E-state index in [0.717, 1.165) is 31.3 Å². The predicted molar refractivity (Wildman–Crippen MR) is 150 cm³/mol. The Kier molecular flexibility index (Phi) is 6.66. The number of anilines is 3. The maximum absolute atomic E-state index is 14.1. The van der Waals surface area contributed by atoms with Gasteiger partial charge in [-0.3, -0.25) is 4.79 Å². The summed E-state index contributed by atoms with van der Waals surface area (Å²) in [5, 5.41) is 6.61. The average Bonchev–Trinajstić information content (AvgIpc) is 3.34. The SMILES string of the molecule is O=C1c2sc(-c3nc(Nc4ccc(N5C6CNCC5C6)cc4Cl)ncc3C(F)(F)F)cc2S(=O)(=O)CCN1C1COC1. The van der Waals surface area contributed by atoms with Gasteiger partial charge in [0.05, 0.1) is 51.2 Å². The van der Waals surface area contributed by atoms with E-state index in [1.54, 1.807) is 12.1 Å². The quantitative estimate of drug-likeness (QED) is 0.430. The molecule has 0 radical (unpaired) electrons. The van der Waals surface area contributed by atoms with E-state index in [-0.39, 0.29) is 52.2 Å². The van der Waals surface area contributed by atoms with E-state index >= 15 is 0 Å². The normalized spacial score (nSPS) is 23.6. The maximum atomic E-state index is 14.1. The van der Waals surface area contributed by atoms with Crippen LogP contribution in [0, 0.1) is 0 Å². The summed E-state index contributed by atoms with van der Waals surface area (Å²) in [6, 6.07) is 7.02. The highest BCUT2D eigenvalue weighted by Crippen LogP contribution is 2.43. The fourth-order valence-electron chi connectivity index (χ4n) is 5.81. The molecule has 2 atom stereocenters. The Morgan fingerprint density at radius 3 is 2.55 bits per heavy atom. The van der Waals surface area contributed by atoms with Crippen LogP contribution < -0.4 is 15.5 Å². The molecule has 3 saturated heterocycles. The van der Waals surface area contributed by atoms with Crippen LogP contribution in [0.15, 0.2) is 35.4 Å². The number of benzene rings is 1. The number of thiophene rings is 1. The highest BCUT2D eigenvalue weighted by atomic mass is 35.5. The predicted octanol–water partition coefficient (Wildman–Crippen LogP) is 3.80. The summed E-state index contributed by atoms with van der Waals surface area (Å²) in [6.45, 7) is 2.32. The monoisotopic (exact) mass is 640 g/mol. The molecule has 3 aromatic rings. The molecule has 2 unspecified atom stereocenters. The van der Waals surface area contributed by atoms with E-state index in [9.17, 15) is 26.4 Å². The van der Waals surface area contributed by atoms with Crippen molar-refractivity contribution >= 4 is 56.0 Å². The molecule has 1 aromatic carbocycles. The van der Waals surface area contributed by atoms with Gasteiger partial charge in [0.2, 0.25) is 5.95 Å². The van der Waals surface area contributed by atoms with Crippen LogP contribution >= 0.6 is 22.9 Å². The van der Waals surface area contributed by atoms with Crippen molar-refractivity contribution in [1.29, 1.82) is 0 Å². The zero-order valence-electron chi connectivity index (χ0n) is 21.8. The Hall–Kier alpha value is -2.98. The summed E-state index contributed by atoms with van der Waals surface area (Å²) in [5.41, 5.74) is -0.338. The first-order valence-electron chi connectivity index (χ1n) is 13.2. The lowest BCUT2D eigenvalue weighted by atomic mass is 9.88. The number of carbonyl (C=O) groups is 1. The van der Waals surface area contributed by atoms with E-state index in [2.05, 4.69) is 25.5 Å². The van der Waals surface area contributed by atoms with Crippen LogP contribution in [0.3, 0.4) is 0 Å². The van der Waals surface area contributed by atoms with Crippen molar-refractivity contribution in [2.45, 2.75) is 35.6 Å². The molecule has 10 nitrogen and oxygen atoms in total. The molecule has 2 N–H and O–H groups in total. The second-order valence-electron chi connectivity index (χ2n) is 10.7. The van der Waals surface area contributed by atoms with Gasteiger partial charge in [-0.1, -0.05) is 11.6 Å². The van der Waals surface area contributed by atoms with Crippen molar-refractivity contribution in [2.75, 3.05) is 48.8 Å². The van der Waals surface area contributed by atoms with E-state index in [1.165, 1.54) is 4.90 Å². The van der Waals surface area contributed by atoms with Crippen molar-refractivity contribution in [3.8, 4) is 10.6 Å². The number of ether oxygens (including phenoxy) is 1. The number of hydrogen-bond acceptors (Lipinski definition) is 10. The topological polar surface area (TPSA) is 117 Å². The largest absolute Gasteiger partial charge is 0.420 e. The molecule has 3 fully saturated rings. The van der Waals surface area contributed by atoms with Gasteiger partial charge in [-0.05, 0) is 30.7 Å². The molecule has 6 heterocycles. The number of alkyl halides is 3. The zero-order valence-corrected chi connectivity index (χ0v) is 24.2. The number of amides is 1. The number of carbonyl (C=O) groups excluding carboxylic acids is 1. The second kappa shape index (κ2) is 10.0. The summed E-state index contributed by atoms with van der Waals surface area (Å²) in [6.07, 6.45) is -3.09. The molecule has 0 spiro atoms. The number of aromatic nitrogens is 2. The number of rotatable bonds is 5. The molecule has 4 aliphatic rings. The Morgan fingerprint density at radius 2 is 1.90 bits per heavy atom. The number of piperidine rings is 1. The minimum atomic E-state index is -4.84. The molecule has 0 aliphatic carbocycles. The van der Waals surface area contributed by atoms with Crippen LogP contribution in [0.4, 0.5) is 30.5 Å². The van der Waals surface area contributed by atoms with Gasteiger partial charge in [0.15, 0.2) is 9.84 Å². The van der Waals surface area contributed by atoms with Gasteiger partial charge >= 0.3 is 6.18 Å². The maximum Gasteiger partial charge on any atom is 0.420 e. The molecule has 7 rings (SSSR count). The summed E-state index contributed by atoms with van der Waals surface area (Å²) in [5.74, 6) is -1.06. The van der Waals surface area contributed by atoms with Crippen molar-refractivity contribution < 1.29 is 31.1 Å². The Balaban J connectivity index is 1.23. The standard InChI is InChI=1S/C26H24ClF3N6O4S2/c27-18-6-13(36-14-5-15(36)9-31-8-14)1-2-19(18)33-25-32-10-17(26(28,29)30)22(34-25)20-7-21-23(41-20)24(37)35(16-11-40-12-16)3-4-42(21,38)39/h1-2,6-7,10,14-16,31H,3-5,8-9,11-12H2,(H,32,33,34). The van der Waals surface area contributed by atoms with Crippen molar-refractivity contribution in [3.63, 3.8) is 0 Å². The number of halogens is 4.